The van der Waals surface area contributed by atoms with Crippen LogP contribution in [0, 0.1) is 6.92 Å². The minimum atomic E-state index is -0.487. The van der Waals surface area contributed by atoms with Crippen molar-refractivity contribution in [2.24, 2.45) is 0 Å². The van der Waals surface area contributed by atoms with E-state index in [1.54, 1.807) is 6.07 Å². The molecule has 0 unspecified atom stereocenters. The first kappa shape index (κ1) is 15.2. The van der Waals surface area contributed by atoms with Gasteiger partial charge in [-0.15, -0.1) is 0 Å². The highest BCUT2D eigenvalue weighted by Crippen LogP contribution is 2.32. The van der Waals surface area contributed by atoms with Crippen LogP contribution in [0.3, 0.4) is 0 Å². The Kier molecular flexibility index (Phi) is 3.87. The van der Waals surface area contributed by atoms with Crippen molar-refractivity contribution in [1.82, 2.24) is 9.97 Å². The van der Waals surface area contributed by atoms with E-state index in [1.165, 1.54) is 25.6 Å². The molecule has 2 aromatic heterocycles. The van der Waals surface area contributed by atoms with E-state index in [2.05, 4.69) is 9.97 Å². The molecule has 0 amide bonds. The number of carbonyl (C=O) groups is 1. The number of thiazole rings is 1. The van der Waals surface area contributed by atoms with Gasteiger partial charge in [-0.3, -0.25) is 0 Å². The number of fused-ring (bicyclic) bond motifs is 1. The molecule has 0 aliphatic rings. The molecule has 3 rings (SSSR count). The number of aryl methyl sites for hydroxylation is 1. The average Bonchev–Trinajstić information content (AvgIpc) is 2.92. The molecule has 0 spiro atoms. The first-order valence-electron chi connectivity index (χ1n) is 6.84. The number of hydrogen-bond donors (Lipinski definition) is 1. The van der Waals surface area contributed by atoms with E-state index in [-0.39, 0.29) is 5.88 Å². The van der Waals surface area contributed by atoms with E-state index in [0.29, 0.717) is 10.7 Å². The van der Waals surface area contributed by atoms with Crippen LogP contribution in [-0.4, -0.2) is 30.2 Å². The van der Waals surface area contributed by atoms with Gasteiger partial charge in [0.25, 0.3) is 0 Å². The molecule has 0 radical (unpaired) electrons. The van der Waals surface area contributed by atoms with Crippen molar-refractivity contribution in [2.45, 2.75) is 6.92 Å². The van der Waals surface area contributed by atoms with Crippen LogP contribution in [0.1, 0.15) is 16.1 Å². The van der Waals surface area contributed by atoms with Gasteiger partial charge in [0.2, 0.25) is 5.88 Å². The van der Waals surface area contributed by atoms with Crippen molar-refractivity contribution >= 4 is 32.7 Å². The molecule has 0 aliphatic heterocycles. The largest absolute Gasteiger partial charge is 0.480 e. The number of rotatable bonds is 3. The normalized spacial score (nSPS) is 10.7. The number of aromatic nitrogens is 2. The Balaban J connectivity index is 2.18. The van der Waals surface area contributed by atoms with Crippen LogP contribution in [0.25, 0.3) is 21.3 Å². The van der Waals surface area contributed by atoms with Crippen LogP contribution in [0.4, 0.5) is 5.13 Å². The molecule has 0 fully saturated rings. The molecule has 0 atom stereocenters. The Hall–Kier alpha value is -2.67. The summed E-state index contributed by atoms with van der Waals surface area (Å²) in [5.41, 5.74) is 9.41. The standard InChI is InChI=1S/C16H15N3O3S/c1-8-10(7-11(15(20)22-3)14(18-8)21-2)9-4-5-12-13(6-9)23-16(17)19-12/h4-7H,1-3H3,(H2,17,19). The van der Waals surface area contributed by atoms with Gasteiger partial charge in [0, 0.05) is 11.3 Å². The average molecular weight is 329 g/mol. The maximum atomic E-state index is 11.9. The zero-order valence-corrected chi connectivity index (χ0v) is 13.7. The van der Waals surface area contributed by atoms with Crippen molar-refractivity contribution in [1.29, 1.82) is 0 Å². The van der Waals surface area contributed by atoms with E-state index >= 15 is 0 Å². The molecular formula is C16H15N3O3S. The lowest BCUT2D eigenvalue weighted by Crippen LogP contribution is -2.07. The number of benzene rings is 1. The van der Waals surface area contributed by atoms with E-state index < -0.39 is 5.97 Å². The molecule has 7 heteroatoms. The molecule has 23 heavy (non-hydrogen) atoms. The molecular weight excluding hydrogens is 314 g/mol. The van der Waals surface area contributed by atoms with Crippen molar-refractivity contribution in [3.63, 3.8) is 0 Å². The highest BCUT2D eigenvalue weighted by atomic mass is 32.1. The van der Waals surface area contributed by atoms with E-state index in [9.17, 15) is 4.79 Å². The number of pyridine rings is 1. The van der Waals surface area contributed by atoms with Crippen molar-refractivity contribution in [2.75, 3.05) is 20.0 Å². The molecule has 2 heterocycles. The quantitative estimate of drug-likeness (QED) is 0.743. The SMILES string of the molecule is COC(=O)c1cc(-c2ccc3nc(N)sc3c2)c(C)nc1OC. The summed E-state index contributed by atoms with van der Waals surface area (Å²) in [6.07, 6.45) is 0. The smallest absolute Gasteiger partial charge is 0.343 e. The number of ether oxygens (including phenoxy) is 2. The maximum Gasteiger partial charge on any atom is 0.343 e. The number of carbonyl (C=O) groups excluding carboxylic acids is 1. The van der Waals surface area contributed by atoms with Crippen LogP contribution < -0.4 is 10.5 Å². The monoisotopic (exact) mass is 329 g/mol. The summed E-state index contributed by atoms with van der Waals surface area (Å²) >= 11 is 1.42. The number of anilines is 1. The van der Waals surface area contributed by atoms with E-state index in [1.807, 2.05) is 25.1 Å². The minimum absolute atomic E-state index is 0.251. The highest BCUT2D eigenvalue weighted by molar-refractivity contribution is 7.22. The van der Waals surface area contributed by atoms with Crippen molar-refractivity contribution in [3.8, 4) is 17.0 Å². The van der Waals surface area contributed by atoms with Gasteiger partial charge in [0.15, 0.2) is 5.13 Å². The Morgan fingerprint density at radius 2 is 2.00 bits per heavy atom. The highest BCUT2D eigenvalue weighted by Gasteiger charge is 2.18. The summed E-state index contributed by atoms with van der Waals surface area (Å²) in [6.45, 7) is 1.87. The molecule has 0 aliphatic carbocycles. The number of hydrogen-bond acceptors (Lipinski definition) is 7. The van der Waals surface area contributed by atoms with Gasteiger partial charge in [0.1, 0.15) is 5.56 Å². The number of nitrogens with two attached hydrogens (primary N) is 1. The van der Waals surface area contributed by atoms with Crippen LogP contribution in [0.2, 0.25) is 0 Å². The molecule has 0 saturated carbocycles. The maximum absolute atomic E-state index is 11.9. The van der Waals surface area contributed by atoms with E-state index in [4.69, 9.17) is 15.2 Å². The lowest BCUT2D eigenvalue weighted by molar-refractivity contribution is 0.0596. The van der Waals surface area contributed by atoms with Crippen molar-refractivity contribution < 1.29 is 14.3 Å². The second-order valence-electron chi connectivity index (χ2n) is 4.90. The summed E-state index contributed by atoms with van der Waals surface area (Å²) in [7, 11) is 2.80. The van der Waals surface area contributed by atoms with Gasteiger partial charge < -0.3 is 15.2 Å². The predicted molar refractivity (Wildman–Crippen MR) is 89.9 cm³/mol. The predicted octanol–water partition coefficient (Wildman–Crippen LogP) is 3.04. The Morgan fingerprint density at radius 3 is 2.70 bits per heavy atom. The second-order valence-corrected chi connectivity index (χ2v) is 5.97. The summed E-state index contributed by atoms with van der Waals surface area (Å²) in [5.74, 6) is -0.236. The van der Waals surface area contributed by atoms with Crippen LogP contribution in [0.5, 0.6) is 5.88 Å². The van der Waals surface area contributed by atoms with E-state index in [0.717, 1.165) is 27.0 Å². The third-order valence-corrected chi connectivity index (χ3v) is 4.34. The van der Waals surface area contributed by atoms with Crippen LogP contribution in [0.15, 0.2) is 24.3 Å². The number of methoxy groups -OCH3 is 2. The van der Waals surface area contributed by atoms with Gasteiger partial charge in [0.05, 0.1) is 24.4 Å². The number of esters is 1. The molecule has 1 aromatic carbocycles. The first-order valence-corrected chi connectivity index (χ1v) is 7.65. The topological polar surface area (TPSA) is 87.3 Å². The fraction of sp³-hybridized carbons (Fsp3) is 0.188. The fourth-order valence-corrected chi connectivity index (χ4v) is 3.17. The first-order chi connectivity index (χ1) is 11.0. The van der Waals surface area contributed by atoms with Gasteiger partial charge in [-0.2, -0.15) is 0 Å². The van der Waals surface area contributed by atoms with Gasteiger partial charge in [-0.1, -0.05) is 17.4 Å². The lowest BCUT2D eigenvalue weighted by atomic mass is 10.0. The summed E-state index contributed by atoms with van der Waals surface area (Å²) in [6, 6.07) is 7.55. The van der Waals surface area contributed by atoms with Gasteiger partial charge in [-0.05, 0) is 30.7 Å². The van der Waals surface area contributed by atoms with Crippen LogP contribution >= 0.6 is 11.3 Å². The molecule has 0 saturated heterocycles. The molecule has 2 N–H and O–H groups in total. The molecule has 118 valence electrons. The minimum Gasteiger partial charge on any atom is -0.480 e. The number of nitrogens with zero attached hydrogens (tertiary/aromatic N) is 2. The Morgan fingerprint density at radius 1 is 1.22 bits per heavy atom. The zero-order chi connectivity index (χ0) is 16.6. The molecule has 0 bridgehead atoms. The Labute approximate surface area is 136 Å². The zero-order valence-electron chi connectivity index (χ0n) is 12.9. The third kappa shape index (κ3) is 2.70. The molecule has 3 aromatic rings. The lowest BCUT2D eigenvalue weighted by Gasteiger charge is -2.11. The summed E-state index contributed by atoms with van der Waals surface area (Å²) in [4.78, 5) is 20.5. The summed E-state index contributed by atoms with van der Waals surface area (Å²) < 4.78 is 11.0. The fourth-order valence-electron chi connectivity index (χ4n) is 2.40. The van der Waals surface area contributed by atoms with Gasteiger partial charge >= 0.3 is 5.97 Å². The second kappa shape index (κ2) is 5.85. The molecule has 6 nitrogen and oxygen atoms in total. The van der Waals surface area contributed by atoms with Crippen LogP contribution in [-0.2, 0) is 4.74 Å². The summed E-state index contributed by atoms with van der Waals surface area (Å²) in [5, 5.41) is 0.525. The number of nitrogen functional groups attached to an aromatic ring is 1. The Bertz CT molecular complexity index is 905. The third-order valence-electron chi connectivity index (χ3n) is 3.49. The van der Waals surface area contributed by atoms with Gasteiger partial charge in [-0.25, -0.2) is 14.8 Å². The van der Waals surface area contributed by atoms with Crippen molar-refractivity contribution in [3.05, 3.63) is 35.5 Å².